The smallest absolute Gasteiger partial charge is 0.408 e. The Hall–Kier alpha value is -2.19. The van der Waals surface area contributed by atoms with Gasteiger partial charge in [0.25, 0.3) is 0 Å². The van der Waals surface area contributed by atoms with E-state index in [1.165, 1.54) is 7.11 Å². The maximum absolute atomic E-state index is 12.8. The molecule has 1 unspecified atom stereocenters. The number of rotatable bonds is 6. The molecule has 0 aliphatic carbocycles. The van der Waals surface area contributed by atoms with Gasteiger partial charge in [0, 0.05) is 26.5 Å². The highest BCUT2D eigenvalue weighted by atomic mass is 79.9. The molecule has 0 spiro atoms. The van der Waals surface area contributed by atoms with E-state index in [2.05, 4.69) is 37.2 Å². The van der Waals surface area contributed by atoms with Crippen LogP contribution in [0.25, 0.3) is 0 Å². The number of halogens is 2. The van der Waals surface area contributed by atoms with Crippen molar-refractivity contribution < 1.29 is 23.9 Å². The van der Waals surface area contributed by atoms with E-state index >= 15 is 0 Å². The average Bonchev–Trinajstić information content (AvgIpc) is 2.67. The molecule has 1 amide bonds. The Morgan fingerprint density at radius 2 is 1.67 bits per heavy atom. The molecule has 2 aromatic carbocycles. The predicted molar refractivity (Wildman–Crippen MR) is 121 cm³/mol. The summed E-state index contributed by atoms with van der Waals surface area (Å²) in [4.78, 5) is 36.9. The summed E-state index contributed by atoms with van der Waals surface area (Å²) in [6.07, 6.45) is -0.509. The normalized spacial score (nSPS) is 12.1. The minimum absolute atomic E-state index is 0.133. The zero-order valence-corrected chi connectivity index (χ0v) is 20.3. The van der Waals surface area contributed by atoms with Crippen molar-refractivity contribution in [1.82, 2.24) is 5.32 Å². The molecule has 1 N–H and O–H groups in total. The number of hydrogen-bond donors (Lipinski definition) is 1. The van der Waals surface area contributed by atoms with Crippen molar-refractivity contribution in [3.8, 4) is 0 Å². The first-order chi connectivity index (χ1) is 14.0. The second-order valence-electron chi connectivity index (χ2n) is 7.58. The number of ether oxygens (including phenoxy) is 2. The molecule has 0 aliphatic rings. The van der Waals surface area contributed by atoms with Gasteiger partial charge in [0.2, 0.25) is 0 Å². The first-order valence-electron chi connectivity index (χ1n) is 9.16. The summed E-state index contributed by atoms with van der Waals surface area (Å²) in [7, 11) is 1.25. The molecule has 0 aromatic heterocycles. The SMILES string of the molecule is COC(=O)C(Cc1ccc(C(=O)c2cc(Br)ccc2Br)cc1)NC(=O)OC(C)(C)C. The highest BCUT2D eigenvalue weighted by Gasteiger charge is 2.25. The van der Waals surface area contributed by atoms with Gasteiger partial charge in [-0.2, -0.15) is 0 Å². The molecular formula is C22H23Br2NO5. The molecule has 6 nitrogen and oxygen atoms in total. The monoisotopic (exact) mass is 539 g/mol. The summed E-state index contributed by atoms with van der Waals surface area (Å²) in [5.74, 6) is -0.717. The van der Waals surface area contributed by atoms with E-state index in [4.69, 9.17) is 9.47 Å². The van der Waals surface area contributed by atoms with Crippen molar-refractivity contribution in [3.05, 3.63) is 68.1 Å². The molecule has 0 radical (unpaired) electrons. The first kappa shape index (κ1) is 24.1. The first-order valence-corrected chi connectivity index (χ1v) is 10.7. The fourth-order valence-electron chi connectivity index (χ4n) is 2.64. The van der Waals surface area contributed by atoms with Crippen LogP contribution in [0.3, 0.4) is 0 Å². The molecule has 0 saturated heterocycles. The third kappa shape index (κ3) is 6.95. The van der Waals surface area contributed by atoms with Crippen LogP contribution in [0.5, 0.6) is 0 Å². The van der Waals surface area contributed by atoms with E-state index < -0.39 is 23.7 Å². The lowest BCUT2D eigenvalue weighted by molar-refractivity contribution is -0.143. The van der Waals surface area contributed by atoms with Gasteiger partial charge in [0.15, 0.2) is 5.78 Å². The van der Waals surface area contributed by atoms with Crippen LogP contribution in [0, 0.1) is 0 Å². The zero-order chi connectivity index (χ0) is 22.5. The van der Waals surface area contributed by atoms with Gasteiger partial charge in [-0.05, 0) is 44.5 Å². The number of alkyl carbamates (subject to hydrolysis) is 1. The Morgan fingerprint density at radius 1 is 1.03 bits per heavy atom. The summed E-state index contributed by atoms with van der Waals surface area (Å²) in [6.45, 7) is 5.21. The average molecular weight is 541 g/mol. The van der Waals surface area contributed by atoms with Gasteiger partial charge in [0.05, 0.1) is 7.11 Å². The van der Waals surface area contributed by atoms with E-state index in [9.17, 15) is 14.4 Å². The highest BCUT2D eigenvalue weighted by molar-refractivity contribution is 9.11. The van der Waals surface area contributed by atoms with Crippen molar-refractivity contribution in [2.45, 2.75) is 38.8 Å². The molecular weight excluding hydrogens is 518 g/mol. The Labute approximate surface area is 192 Å². The molecule has 0 fully saturated rings. The Bertz CT molecular complexity index is 936. The summed E-state index contributed by atoms with van der Waals surface area (Å²) >= 11 is 6.77. The molecule has 0 aliphatic heterocycles. The second-order valence-corrected chi connectivity index (χ2v) is 9.35. The Morgan fingerprint density at radius 3 is 2.23 bits per heavy atom. The third-order valence-corrected chi connectivity index (χ3v) is 5.19. The molecule has 8 heteroatoms. The van der Waals surface area contributed by atoms with E-state index in [0.29, 0.717) is 15.6 Å². The molecule has 2 aromatic rings. The van der Waals surface area contributed by atoms with Crippen LogP contribution in [0.2, 0.25) is 0 Å². The number of ketones is 1. The number of esters is 1. The minimum atomic E-state index is -0.911. The lowest BCUT2D eigenvalue weighted by Gasteiger charge is -2.22. The van der Waals surface area contributed by atoms with Crippen molar-refractivity contribution in [1.29, 1.82) is 0 Å². The van der Waals surface area contributed by atoms with E-state index in [0.717, 1.165) is 10.0 Å². The summed E-state index contributed by atoms with van der Waals surface area (Å²) in [5, 5.41) is 2.54. The van der Waals surface area contributed by atoms with Crippen LogP contribution in [0.1, 0.15) is 42.3 Å². The lowest BCUT2D eigenvalue weighted by atomic mass is 9.99. The number of carbonyl (C=O) groups excluding carboxylic acids is 3. The van der Waals surface area contributed by atoms with Gasteiger partial charge in [-0.15, -0.1) is 0 Å². The van der Waals surface area contributed by atoms with Crippen molar-refractivity contribution in [2.24, 2.45) is 0 Å². The van der Waals surface area contributed by atoms with Crippen molar-refractivity contribution >= 4 is 49.7 Å². The van der Waals surface area contributed by atoms with Gasteiger partial charge >= 0.3 is 12.1 Å². The van der Waals surface area contributed by atoms with Crippen molar-refractivity contribution in [3.63, 3.8) is 0 Å². The number of carbonyl (C=O) groups is 3. The summed E-state index contributed by atoms with van der Waals surface area (Å²) in [6, 6.07) is 11.3. The Kier molecular flexibility index (Phi) is 8.20. The standard InChI is InChI=1S/C22H23Br2NO5/c1-22(2,3)30-21(28)25-18(20(27)29-4)11-13-5-7-14(8-6-13)19(26)16-12-15(23)9-10-17(16)24/h5-10,12,18H,11H2,1-4H3,(H,25,28). The molecule has 160 valence electrons. The van der Waals surface area contributed by atoms with Crippen LogP contribution >= 0.6 is 31.9 Å². The molecule has 0 saturated carbocycles. The van der Waals surface area contributed by atoms with E-state index in [1.54, 1.807) is 57.2 Å². The molecule has 0 heterocycles. The van der Waals surface area contributed by atoms with Crippen molar-refractivity contribution in [2.75, 3.05) is 7.11 Å². The van der Waals surface area contributed by atoms with Gasteiger partial charge in [-0.1, -0.05) is 56.1 Å². The number of amides is 1. The van der Waals surface area contributed by atoms with Crippen LogP contribution in [0.4, 0.5) is 4.79 Å². The zero-order valence-electron chi connectivity index (χ0n) is 17.1. The number of benzene rings is 2. The van der Waals surface area contributed by atoms with Crippen LogP contribution in [0.15, 0.2) is 51.4 Å². The number of methoxy groups -OCH3 is 1. The van der Waals surface area contributed by atoms with Crippen LogP contribution in [-0.2, 0) is 20.7 Å². The maximum Gasteiger partial charge on any atom is 0.408 e. The van der Waals surface area contributed by atoms with Crippen LogP contribution in [-0.4, -0.2) is 36.6 Å². The predicted octanol–water partition coefficient (Wildman–Crippen LogP) is 5.05. The number of nitrogens with one attached hydrogen (secondary N) is 1. The molecule has 1 atom stereocenters. The molecule has 30 heavy (non-hydrogen) atoms. The van der Waals surface area contributed by atoms with Gasteiger partial charge in [0.1, 0.15) is 11.6 Å². The van der Waals surface area contributed by atoms with Crippen LogP contribution < -0.4 is 5.32 Å². The second kappa shape index (κ2) is 10.2. The summed E-state index contributed by atoms with van der Waals surface area (Å²) in [5.41, 5.74) is 1.11. The Balaban J connectivity index is 2.15. The van der Waals surface area contributed by atoms with Gasteiger partial charge in [-0.25, -0.2) is 9.59 Å². The van der Waals surface area contributed by atoms with E-state index in [-0.39, 0.29) is 12.2 Å². The van der Waals surface area contributed by atoms with E-state index in [1.807, 2.05) is 6.07 Å². The quantitative estimate of drug-likeness (QED) is 0.409. The molecule has 0 bridgehead atoms. The number of hydrogen-bond acceptors (Lipinski definition) is 5. The molecule has 2 rings (SSSR count). The minimum Gasteiger partial charge on any atom is -0.467 e. The topological polar surface area (TPSA) is 81.7 Å². The lowest BCUT2D eigenvalue weighted by Crippen LogP contribution is -2.45. The fourth-order valence-corrected chi connectivity index (χ4v) is 3.43. The van der Waals surface area contributed by atoms with Gasteiger partial charge in [-0.3, -0.25) is 4.79 Å². The fraction of sp³-hybridized carbons (Fsp3) is 0.318. The van der Waals surface area contributed by atoms with Gasteiger partial charge < -0.3 is 14.8 Å². The summed E-state index contributed by atoms with van der Waals surface area (Å²) < 4.78 is 11.5. The third-order valence-electron chi connectivity index (χ3n) is 4.01. The maximum atomic E-state index is 12.8. The largest absolute Gasteiger partial charge is 0.467 e. The highest BCUT2D eigenvalue weighted by Crippen LogP contribution is 2.24.